The Morgan fingerprint density at radius 3 is 2.23 bits per heavy atom. The van der Waals surface area contributed by atoms with Crippen molar-refractivity contribution in [1.82, 2.24) is 0 Å². The van der Waals surface area contributed by atoms with Gasteiger partial charge in [0.05, 0.1) is 11.5 Å². The molecule has 0 heterocycles. The smallest absolute Gasteiger partial charge is 0.265 e. The summed E-state index contributed by atoms with van der Waals surface area (Å²) < 4.78 is 31.5. The van der Waals surface area contributed by atoms with Crippen LogP contribution in [0.2, 0.25) is 0 Å². The monoisotopic (exact) mass is 446 g/mol. The van der Waals surface area contributed by atoms with E-state index in [0.29, 0.717) is 0 Å². The Hall–Kier alpha value is -0.690. The third kappa shape index (κ3) is 4.41. The average molecular weight is 448 g/mol. The van der Waals surface area contributed by atoms with Gasteiger partial charge in [-0.05, 0) is 42.0 Å². The molecule has 0 aliphatic rings. The lowest BCUT2D eigenvalue weighted by Crippen LogP contribution is -2.26. The third-order valence-corrected chi connectivity index (χ3v) is 5.58. The van der Waals surface area contributed by atoms with Gasteiger partial charge in [-0.1, -0.05) is 57.8 Å². The molecule has 0 radical (unpaired) electrons. The van der Waals surface area contributed by atoms with E-state index in [1.165, 1.54) is 12.1 Å². The Balaban J connectivity index is 2.15. The van der Waals surface area contributed by atoms with Crippen molar-refractivity contribution in [3.63, 3.8) is 0 Å². The van der Waals surface area contributed by atoms with E-state index < -0.39 is 15.5 Å². The normalized spacial score (nSPS) is 12.4. The van der Waals surface area contributed by atoms with Crippen molar-refractivity contribution in [3.8, 4) is 0 Å². The summed E-state index contributed by atoms with van der Waals surface area (Å²) in [6.07, 6.45) is 0. The number of hydrogen-bond acceptors (Lipinski definition) is 3. The van der Waals surface area contributed by atoms with E-state index in [1.807, 2.05) is 38.1 Å². The zero-order valence-corrected chi connectivity index (χ0v) is 16.2. The maximum atomic E-state index is 12.2. The van der Waals surface area contributed by atoms with E-state index >= 15 is 0 Å². The molecule has 0 N–H and O–H groups in total. The van der Waals surface area contributed by atoms with Gasteiger partial charge in [0.2, 0.25) is 0 Å². The van der Waals surface area contributed by atoms with Crippen molar-refractivity contribution in [3.05, 3.63) is 63.0 Å². The number of benzene rings is 2. The van der Waals surface area contributed by atoms with Gasteiger partial charge in [0.1, 0.15) is 0 Å². The van der Waals surface area contributed by atoms with Crippen LogP contribution in [0.5, 0.6) is 0 Å². The molecule has 0 amide bonds. The van der Waals surface area contributed by atoms with Crippen LogP contribution in [0.25, 0.3) is 0 Å². The molecule has 0 atom stereocenters. The molecule has 22 heavy (non-hydrogen) atoms. The molecule has 0 spiro atoms. The van der Waals surface area contributed by atoms with Gasteiger partial charge < -0.3 is 0 Å². The van der Waals surface area contributed by atoms with Crippen LogP contribution in [0.4, 0.5) is 0 Å². The molecule has 0 bridgehead atoms. The van der Waals surface area contributed by atoms with Gasteiger partial charge in [0.25, 0.3) is 10.1 Å². The summed E-state index contributed by atoms with van der Waals surface area (Å²) >= 11 is 6.71. The number of hydrogen-bond donors (Lipinski definition) is 0. The number of rotatable bonds is 5. The molecule has 0 saturated carbocycles. The molecule has 0 aromatic heterocycles. The van der Waals surface area contributed by atoms with E-state index in [-0.39, 0.29) is 11.5 Å². The van der Waals surface area contributed by atoms with Crippen LogP contribution in [-0.4, -0.2) is 15.0 Å². The molecular formula is C16H16Br2O3S. The molecular weight excluding hydrogens is 432 g/mol. The maximum Gasteiger partial charge on any atom is 0.297 e. The van der Waals surface area contributed by atoms with Crippen molar-refractivity contribution in [2.75, 3.05) is 6.61 Å². The Labute approximate surface area is 148 Å². The second-order valence-electron chi connectivity index (χ2n) is 5.56. The Morgan fingerprint density at radius 2 is 1.64 bits per heavy atom. The van der Waals surface area contributed by atoms with E-state index in [2.05, 4.69) is 31.9 Å². The summed E-state index contributed by atoms with van der Waals surface area (Å²) in [4.78, 5) is 0.153. The first-order chi connectivity index (χ1) is 10.2. The van der Waals surface area contributed by atoms with Gasteiger partial charge in [0.15, 0.2) is 0 Å². The van der Waals surface area contributed by atoms with Crippen molar-refractivity contribution in [2.45, 2.75) is 24.2 Å². The average Bonchev–Trinajstić information content (AvgIpc) is 2.46. The fourth-order valence-electron chi connectivity index (χ4n) is 1.89. The zero-order chi connectivity index (χ0) is 16.4. The molecule has 2 aromatic rings. The summed E-state index contributed by atoms with van der Waals surface area (Å²) in [6, 6.07) is 14.2. The Morgan fingerprint density at radius 1 is 1.00 bits per heavy atom. The van der Waals surface area contributed by atoms with Crippen molar-refractivity contribution >= 4 is 42.0 Å². The Kier molecular flexibility index (Phi) is 5.48. The van der Waals surface area contributed by atoms with Crippen molar-refractivity contribution < 1.29 is 12.6 Å². The third-order valence-electron chi connectivity index (χ3n) is 3.28. The topological polar surface area (TPSA) is 43.4 Å². The molecule has 0 aliphatic carbocycles. The highest BCUT2D eigenvalue weighted by atomic mass is 79.9. The minimum Gasteiger partial charge on any atom is -0.265 e. The van der Waals surface area contributed by atoms with E-state index in [4.69, 9.17) is 4.18 Å². The van der Waals surface area contributed by atoms with Crippen LogP contribution >= 0.6 is 31.9 Å². The number of halogens is 2. The standard InChI is InChI=1S/C16H16Br2O3S/c1-16(2,12-4-3-5-14(18)10-12)11-21-22(19,20)15-8-6-13(17)7-9-15/h3-10H,11H2,1-2H3. The maximum absolute atomic E-state index is 12.2. The van der Waals surface area contributed by atoms with Gasteiger partial charge in [0, 0.05) is 14.4 Å². The molecule has 0 unspecified atom stereocenters. The first kappa shape index (κ1) is 17.7. The molecule has 118 valence electrons. The van der Waals surface area contributed by atoms with Gasteiger partial charge >= 0.3 is 0 Å². The van der Waals surface area contributed by atoms with Crippen LogP contribution in [-0.2, 0) is 19.7 Å². The molecule has 2 rings (SSSR count). The highest BCUT2D eigenvalue weighted by Crippen LogP contribution is 2.27. The summed E-state index contributed by atoms with van der Waals surface area (Å²) in [6.45, 7) is 3.97. The highest BCUT2D eigenvalue weighted by Gasteiger charge is 2.25. The van der Waals surface area contributed by atoms with Gasteiger partial charge in [-0.3, -0.25) is 4.18 Å². The molecule has 3 nitrogen and oxygen atoms in total. The van der Waals surface area contributed by atoms with E-state index in [1.54, 1.807) is 12.1 Å². The van der Waals surface area contributed by atoms with Crippen molar-refractivity contribution in [1.29, 1.82) is 0 Å². The van der Waals surface area contributed by atoms with Gasteiger partial charge in [-0.2, -0.15) is 8.42 Å². The minimum absolute atomic E-state index is 0.0713. The predicted molar refractivity (Wildman–Crippen MR) is 94.4 cm³/mol. The molecule has 0 fully saturated rings. The van der Waals surface area contributed by atoms with Crippen LogP contribution in [0.15, 0.2) is 62.4 Å². The lowest BCUT2D eigenvalue weighted by Gasteiger charge is -2.25. The summed E-state index contributed by atoms with van der Waals surface area (Å²) in [5.41, 5.74) is 0.583. The quantitative estimate of drug-likeness (QED) is 0.612. The molecule has 2 aromatic carbocycles. The Bertz CT molecular complexity index is 753. The van der Waals surface area contributed by atoms with Crippen molar-refractivity contribution in [2.24, 2.45) is 0 Å². The zero-order valence-electron chi connectivity index (χ0n) is 12.2. The fraction of sp³-hybridized carbons (Fsp3) is 0.250. The first-order valence-corrected chi connectivity index (χ1v) is 9.61. The predicted octanol–water partition coefficient (Wildman–Crippen LogP) is 4.89. The molecule has 6 heteroatoms. The molecule has 0 aliphatic heterocycles. The van der Waals surface area contributed by atoms with Crippen LogP contribution < -0.4 is 0 Å². The largest absolute Gasteiger partial charge is 0.297 e. The fourth-order valence-corrected chi connectivity index (χ4v) is 3.61. The van der Waals surface area contributed by atoms with E-state index in [9.17, 15) is 8.42 Å². The van der Waals surface area contributed by atoms with Gasteiger partial charge in [-0.15, -0.1) is 0 Å². The molecule has 0 saturated heterocycles. The SMILES string of the molecule is CC(C)(COS(=O)(=O)c1ccc(Br)cc1)c1cccc(Br)c1. The van der Waals surface area contributed by atoms with E-state index in [0.717, 1.165) is 14.5 Å². The minimum atomic E-state index is -3.76. The second kappa shape index (κ2) is 6.83. The van der Waals surface area contributed by atoms with Crippen LogP contribution in [0.1, 0.15) is 19.4 Å². The van der Waals surface area contributed by atoms with Gasteiger partial charge in [-0.25, -0.2) is 0 Å². The lowest BCUT2D eigenvalue weighted by molar-refractivity contribution is 0.246. The second-order valence-corrected chi connectivity index (χ2v) is 9.01. The van der Waals surface area contributed by atoms with Crippen LogP contribution in [0.3, 0.4) is 0 Å². The highest BCUT2D eigenvalue weighted by molar-refractivity contribution is 9.10. The first-order valence-electron chi connectivity index (χ1n) is 6.62. The lowest BCUT2D eigenvalue weighted by atomic mass is 9.86. The summed E-state index contributed by atoms with van der Waals surface area (Å²) in [5.74, 6) is 0. The van der Waals surface area contributed by atoms with Crippen LogP contribution in [0, 0.1) is 0 Å². The summed E-state index contributed by atoms with van der Waals surface area (Å²) in [5, 5.41) is 0. The summed E-state index contributed by atoms with van der Waals surface area (Å²) in [7, 11) is -3.76.